The molecule has 0 amide bonds. The number of para-hydroxylation sites is 2. The number of furan rings is 1. The summed E-state index contributed by atoms with van der Waals surface area (Å²) >= 11 is 1.85. The highest BCUT2D eigenvalue weighted by atomic mass is 32.1. The average molecular weight is 747 g/mol. The van der Waals surface area contributed by atoms with Crippen molar-refractivity contribution in [1.82, 2.24) is 19.5 Å². The van der Waals surface area contributed by atoms with Crippen LogP contribution in [0.2, 0.25) is 0 Å². The molecule has 0 aliphatic heterocycles. The molecule has 0 aliphatic rings. The molecular formula is C51H30N4OS. The number of rotatable bonds is 5. The highest BCUT2D eigenvalue weighted by Crippen LogP contribution is 2.41. The van der Waals surface area contributed by atoms with Crippen LogP contribution in [0.1, 0.15) is 0 Å². The number of benzene rings is 8. The van der Waals surface area contributed by atoms with E-state index in [0.717, 1.165) is 44.2 Å². The molecule has 5 nitrogen and oxygen atoms in total. The lowest BCUT2D eigenvalue weighted by Crippen LogP contribution is -2.00. The van der Waals surface area contributed by atoms with E-state index in [1.165, 1.54) is 53.2 Å². The Morgan fingerprint density at radius 3 is 1.56 bits per heavy atom. The van der Waals surface area contributed by atoms with Gasteiger partial charge in [0.2, 0.25) is 0 Å². The molecule has 0 spiro atoms. The predicted octanol–water partition coefficient (Wildman–Crippen LogP) is 13.9. The highest BCUT2D eigenvalue weighted by Gasteiger charge is 2.17. The standard InChI is InChI=1S/C51H30N4OS/c1-3-11-31(12-4-1)49-52-50(32-13-5-2-6-14-32)54-51(53-49)35-20-23-39-42-27-33(21-26-45(42)56-46(39)28-35)34-19-24-40-41-25-22-36(30-48(41)57-47(40)29-34)55-43-17-9-7-15-37(43)38-16-8-10-18-44(38)55/h1-30H. The van der Waals surface area contributed by atoms with E-state index in [0.29, 0.717) is 17.5 Å². The Balaban J connectivity index is 0.921. The molecule has 0 N–H and O–H groups in total. The Morgan fingerprint density at radius 1 is 0.351 bits per heavy atom. The third-order valence-corrected chi connectivity index (χ3v) is 12.2. The smallest absolute Gasteiger partial charge is 0.164 e. The van der Waals surface area contributed by atoms with E-state index in [2.05, 4.69) is 120 Å². The lowest BCUT2D eigenvalue weighted by Gasteiger charge is -2.08. The zero-order chi connectivity index (χ0) is 37.5. The summed E-state index contributed by atoms with van der Waals surface area (Å²) in [5, 5.41) is 7.23. The van der Waals surface area contributed by atoms with Crippen LogP contribution in [0, 0.1) is 0 Å². The summed E-state index contributed by atoms with van der Waals surface area (Å²) in [4.78, 5) is 14.7. The number of thiophene rings is 1. The van der Waals surface area contributed by atoms with E-state index >= 15 is 0 Å². The van der Waals surface area contributed by atoms with Crippen LogP contribution in [-0.4, -0.2) is 19.5 Å². The maximum Gasteiger partial charge on any atom is 0.164 e. The fourth-order valence-electron chi connectivity index (χ4n) is 8.32. The number of hydrogen-bond acceptors (Lipinski definition) is 5. The van der Waals surface area contributed by atoms with E-state index in [9.17, 15) is 0 Å². The second-order valence-corrected chi connectivity index (χ2v) is 15.5. The number of fused-ring (bicyclic) bond motifs is 9. The van der Waals surface area contributed by atoms with Gasteiger partial charge in [-0.25, -0.2) is 15.0 Å². The van der Waals surface area contributed by atoms with Crippen molar-refractivity contribution >= 4 is 75.3 Å². The number of nitrogens with zero attached hydrogens (tertiary/aromatic N) is 4. The number of hydrogen-bond donors (Lipinski definition) is 0. The Labute approximate surface area is 330 Å². The molecule has 0 atom stereocenters. The first-order chi connectivity index (χ1) is 28.2. The summed E-state index contributed by atoms with van der Waals surface area (Å²) in [7, 11) is 0. The molecule has 0 bridgehead atoms. The van der Waals surface area contributed by atoms with Crippen molar-refractivity contribution < 1.29 is 4.42 Å². The molecular weight excluding hydrogens is 717 g/mol. The van der Waals surface area contributed by atoms with Crippen LogP contribution < -0.4 is 0 Å². The third kappa shape index (κ3) is 5.19. The minimum absolute atomic E-state index is 0.601. The maximum atomic E-state index is 6.47. The molecule has 0 radical (unpaired) electrons. The maximum absolute atomic E-state index is 6.47. The Morgan fingerprint density at radius 2 is 0.877 bits per heavy atom. The first-order valence-corrected chi connectivity index (χ1v) is 19.8. The van der Waals surface area contributed by atoms with Crippen molar-refractivity contribution in [3.63, 3.8) is 0 Å². The summed E-state index contributed by atoms with van der Waals surface area (Å²) in [6.45, 7) is 0. The fourth-order valence-corrected chi connectivity index (χ4v) is 9.50. The summed E-state index contributed by atoms with van der Waals surface area (Å²) in [6.07, 6.45) is 0. The predicted molar refractivity (Wildman–Crippen MR) is 236 cm³/mol. The van der Waals surface area contributed by atoms with Crippen molar-refractivity contribution in [3.05, 3.63) is 182 Å². The Hall–Kier alpha value is -7.41. The molecule has 4 aromatic heterocycles. The lowest BCUT2D eigenvalue weighted by molar-refractivity contribution is 0.669. The van der Waals surface area contributed by atoms with Gasteiger partial charge >= 0.3 is 0 Å². The Kier molecular flexibility index (Phi) is 7.03. The van der Waals surface area contributed by atoms with Gasteiger partial charge in [0, 0.05) is 64.1 Å². The van der Waals surface area contributed by atoms with Gasteiger partial charge in [0.05, 0.1) is 11.0 Å². The number of aromatic nitrogens is 4. The lowest BCUT2D eigenvalue weighted by atomic mass is 10.0. The van der Waals surface area contributed by atoms with E-state index < -0.39 is 0 Å². The van der Waals surface area contributed by atoms with Gasteiger partial charge < -0.3 is 8.98 Å². The van der Waals surface area contributed by atoms with Crippen LogP contribution in [0.5, 0.6) is 0 Å². The van der Waals surface area contributed by atoms with Gasteiger partial charge in [-0.15, -0.1) is 11.3 Å². The van der Waals surface area contributed by atoms with Gasteiger partial charge in [-0.05, 0) is 65.7 Å². The highest BCUT2D eigenvalue weighted by molar-refractivity contribution is 7.25. The van der Waals surface area contributed by atoms with Crippen molar-refractivity contribution in [1.29, 1.82) is 0 Å². The van der Waals surface area contributed by atoms with Gasteiger partial charge in [-0.2, -0.15) is 0 Å². The third-order valence-electron chi connectivity index (χ3n) is 11.1. The van der Waals surface area contributed by atoms with Crippen molar-refractivity contribution in [2.45, 2.75) is 0 Å². The van der Waals surface area contributed by atoms with Crippen LogP contribution in [0.4, 0.5) is 0 Å². The largest absolute Gasteiger partial charge is 0.456 e. The van der Waals surface area contributed by atoms with Crippen LogP contribution in [-0.2, 0) is 0 Å². The summed E-state index contributed by atoms with van der Waals surface area (Å²) in [5.41, 5.74) is 10.3. The minimum Gasteiger partial charge on any atom is -0.456 e. The quantitative estimate of drug-likeness (QED) is 0.176. The van der Waals surface area contributed by atoms with Gasteiger partial charge in [0.25, 0.3) is 0 Å². The van der Waals surface area contributed by atoms with Gasteiger partial charge in [-0.1, -0.05) is 127 Å². The summed E-state index contributed by atoms with van der Waals surface area (Å²) in [5.74, 6) is 1.87. The van der Waals surface area contributed by atoms with Crippen LogP contribution in [0.3, 0.4) is 0 Å². The van der Waals surface area contributed by atoms with Crippen molar-refractivity contribution in [3.8, 4) is 51.0 Å². The molecule has 12 rings (SSSR count). The second kappa shape index (κ2) is 12.6. The summed E-state index contributed by atoms with van der Waals surface area (Å²) < 4.78 is 11.4. The monoisotopic (exact) mass is 746 g/mol. The molecule has 12 aromatic rings. The summed E-state index contributed by atoms with van der Waals surface area (Å²) in [6, 6.07) is 63.9. The second-order valence-electron chi connectivity index (χ2n) is 14.4. The van der Waals surface area contributed by atoms with Crippen LogP contribution in [0.15, 0.2) is 186 Å². The average Bonchev–Trinajstić information content (AvgIpc) is 3.95. The normalized spacial score (nSPS) is 11.9. The molecule has 0 saturated carbocycles. The fraction of sp³-hybridized carbons (Fsp3) is 0. The zero-order valence-corrected chi connectivity index (χ0v) is 31.2. The van der Waals surface area contributed by atoms with Crippen LogP contribution >= 0.6 is 11.3 Å². The first-order valence-electron chi connectivity index (χ1n) is 19.0. The molecule has 57 heavy (non-hydrogen) atoms. The van der Waals surface area contributed by atoms with E-state index in [-0.39, 0.29) is 0 Å². The van der Waals surface area contributed by atoms with E-state index in [4.69, 9.17) is 19.4 Å². The molecule has 0 saturated heterocycles. The topological polar surface area (TPSA) is 56.7 Å². The van der Waals surface area contributed by atoms with E-state index in [1.807, 2.05) is 78.1 Å². The van der Waals surface area contributed by atoms with Crippen molar-refractivity contribution in [2.24, 2.45) is 0 Å². The molecule has 0 unspecified atom stereocenters. The van der Waals surface area contributed by atoms with Gasteiger partial charge in [0.1, 0.15) is 11.2 Å². The van der Waals surface area contributed by atoms with E-state index in [1.54, 1.807) is 0 Å². The molecule has 0 fully saturated rings. The molecule has 8 aromatic carbocycles. The minimum atomic E-state index is 0.601. The zero-order valence-electron chi connectivity index (χ0n) is 30.4. The molecule has 0 aliphatic carbocycles. The Bertz CT molecular complexity index is 3420. The SMILES string of the molecule is c1ccc(-c2nc(-c3ccccc3)nc(-c3ccc4c(c3)oc3ccc(-c5ccc6c(c5)sc5cc(-n7c8ccccc8c8ccccc87)ccc56)cc34)n2)cc1. The molecule has 266 valence electrons. The van der Waals surface area contributed by atoms with Gasteiger partial charge in [0.15, 0.2) is 17.5 Å². The first kappa shape index (κ1) is 31.9. The van der Waals surface area contributed by atoms with Crippen molar-refractivity contribution in [2.75, 3.05) is 0 Å². The molecule has 6 heteroatoms. The van der Waals surface area contributed by atoms with Gasteiger partial charge in [-0.3, -0.25) is 0 Å². The van der Waals surface area contributed by atoms with Crippen LogP contribution in [0.25, 0.3) is 115 Å². The molecule has 4 heterocycles.